The molecule has 0 atom stereocenters. The Labute approximate surface area is 169 Å². The van der Waals surface area contributed by atoms with Gasteiger partial charge in [0.2, 0.25) is 0 Å². The fraction of sp³-hybridized carbons (Fsp3) is 0.0476. The maximum atomic E-state index is 13.0. The van der Waals surface area contributed by atoms with Gasteiger partial charge in [-0.3, -0.25) is 4.79 Å². The molecular weight excluding hydrogens is 402 g/mol. The minimum Gasteiger partial charge on any atom is -0.439 e. The van der Waals surface area contributed by atoms with Crippen LogP contribution in [0.25, 0.3) is 11.1 Å². The lowest BCUT2D eigenvalue weighted by Gasteiger charge is -2.06. The van der Waals surface area contributed by atoms with Crippen LogP contribution in [0.3, 0.4) is 0 Å². The van der Waals surface area contributed by atoms with Crippen LogP contribution in [0, 0.1) is 5.82 Å². The lowest BCUT2D eigenvalue weighted by molar-refractivity contribution is 0.102. The number of aromatic nitrogens is 1. The number of fused-ring (bicyclic) bond motifs is 1. The number of nitrogens with zero attached hydrogens (tertiary/aromatic N) is 1. The predicted molar refractivity (Wildman–Crippen MR) is 108 cm³/mol. The monoisotopic (exact) mass is 414 g/mol. The minimum atomic E-state index is -0.386. The molecule has 7 heteroatoms. The lowest BCUT2D eigenvalue weighted by Crippen LogP contribution is -2.11. The fourth-order valence-electron chi connectivity index (χ4n) is 2.77. The maximum absolute atomic E-state index is 13.0. The first kappa shape index (κ1) is 18.5. The van der Waals surface area contributed by atoms with Crippen molar-refractivity contribution in [1.82, 2.24) is 4.98 Å². The Bertz CT molecular complexity index is 1160. The quantitative estimate of drug-likeness (QED) is 0.437. The summed E-state index contributed by atoms with van der Waals surface area (Å²) in [6.07, 6.45) is 0.467. The van der Waals surface area contributed by atoms with E-state index in [0.29, 0.717) is 44.7 Å². The molecule has 0 saturated carbocycles. The molecule has 1 aromatic heterocycles. The third-order valence-electron chi connectivity index (χ3n) is 4.13. The van der Waals surface area contributed by atoms with Crippen molar-refractivity contribution in [2.45, 2.75) is 6.42 Å². The molecule has 0 fully saturated rings. The molecule has 0 saturated heterocycles. The highest BCUT2D eigenvalue weighted by molar-refractivity contribution is 6.37. The molecule has 0 aliphatic heterocycles. The highest BCUT2D eigenvalue weighted by Gasteiger charge is 2.11. The average molecular weight is 415 g/mol. The van der Waals surface area contributed by atoms with E-state index < -0.39 is 0 Å². The van der Waals surface area contributed by atoms with E-state index in [2.05, 4.69) is 10.3 Å². The summed E-state index contributed by atoms with van der Waals surface area (Å²) in [7, 11) is 0. The molecule has 0 aliphatic rings. The summed E-state index contributed by atoms with van der Waals surface area (Å²) < 4.78 is 18.7. The van der Waals surface area contributed by atoms with Crippen LogP contribution in [0.4, 0.5) is 10.1 Å². The molecule has 1 N–H and O–H groups in total. The van der Waals surface area contributed by atoms with E-state index in [-0.39, 0.29) is 11.7 Å². The summed E-state index contributed by atoms with van der Waals surface area (Å²) in [4.78, 5) is 16.6. The molecule has 28 heavy (non-hydrogen) atoms. The second kappa shape index (κ2) is 7.62. The number of rotatable bonds is 4. The van der Waals surface area contributed by atoms with Crippen molar-refractivity contribution in [1.29, 1.82) is 0 Å². The zero-order chi connectivity index (χ0) is 19.7. The van der Waals surface area contributed by atoms with Gasteiger partial charge >= 0.3 is 0 Å². The molecule has 1 heterocycles. The number of benzene rings is 3. The van der Waals surface area contributed by atoms with Crippen LogP contribution in [-0.2, 0) is 6.42 Å². The summed E-state index contributed by atoms with van der Waals surface area (Å²) in [5.74, 6) is -0.177. The molecule has 0 aliphatic carbocycles. The van der Waals surface area contributed by atoms with Gasteiger partial charge < -0.3 is 9.73 Å². The molecule has 0 spiro atoms. The Morgan fingerprint density at radius 3 is 2.46 bits per heavy atom. The van der Waals surface area contributed by atoms with Crippen LogP contribution in [0.1, 0.15) is 21.8 Å². The van der Waals surface area contributed by atoms with Gasteiger partial charge in [-0.1, -0.05) is 35.3 Å². The second-order valence-electron chi connectivity index (χ2n) is 6.18. The van der Waals surface area contributed by atoms with Gasteiger partial charge in [-0.2, -0.15) is 0 Å². The van der Waals surface area contributed by atoms with Crippen LogP contribution in [-0.4, -0.2) is 10.9 Å². The molecular formula is C21H13Cl2FN2O2. The first-order valence-corrected chi connectivity index (χ1v) is 9.14. The van der Waals surface area contributed by atoms with Gasteiger partial charge in [0, 0.05) is 22.7 Å². The molecule has 4 nitrogen and oxygen atoms in total. The van der Waals surface area contributed by atoms with E-state index >= 15 is 0 Å². The Hall–Kier alpha value is -2.89. The number of anilines is 1. The summed E-state index contributed by atoms with van der Waals surface area (Å²) in [6.45, 7) is 0. The number of nitrogens with one attached hydrogen (secondary N) is 1. The van der Waals surface area contributed by atoms with Gasteiger partial charge in [0.25, 0.3) is 5.91 Å². The second-order valence-corrected chi connectivity index (χ2v) is 7.02. The van der Waals surface area contributed by atoms with E-state index in [1.54, 1.807) is 24.3 Å². The van der Waals surface area contributed by atoms with Crippen LogP contribution < -0.4 is 5.32 Å². The Morgan fingerprint density at radius 2 is 1.75 bits per heavy atom. The van der Waals surface area contributed by atoms with E-state index in [0.717, 1.165) is 5.56 Å². The van der Waals surface area contributed by atoms with Crippen molar-refractivity contribution in [3.8, 4) is 0 Å². The topological polar surface area (TPSA) is 55.1 Å². The first-order valence-electron chi connectivity index (χ1n) is 8.38. The average Bonchev–Trinajstić information content (AvgIpc) is 3.06. The van der Waals surface area contributed by atoms with Gasteiger partial charge in [0.15, 0.2) is 11.5 Å². The standard InChI is InChI=1S/C21H13Cl2FN2O2/c22-14-10-17(23)20-18(11-14)26-19(28-20)9-12-1-7-16(8-2-12)25-21(27)13-3-5-15(24)6-4-13/h1-8,10-11H,9H2,(H,25,27). The zero-order valence-electron chi connectivity index (χ0n) is 14.4. The van der Waals surface area contributed by atoms with Gasteiger partial charge in [-0.25, -0.2) is 9.37 Å². The zero-order valence-corrected chi connectivity index (χ0v) is 15.9. The highest BCUT2D eigenvalue weighted by atomic mass is 35.5. The third-order valence-corrected chi connectivity index (χ3v) is 4.63. The van der Waals surface area contributed by atoms with Crippen LogP contribution in [0.5, 0.6) is 0 Å². The number of amides is 1. The van der Waals surface area contributed by atoms with Crippen molar-refractivity contribution < 1.29 is 13.6 Å². The molecule has 3 aromatic carbocycles. The van der Waals surface area contributed by atoms with E-state index in [1.165, 1.54) is 24.3 Å². The number of hydrogen-bond donors (Lipinski definition) is 1. The molecule has 0 radical (unpaired) electrons. The summed E-state index contributed by atoms with van der Waals surface area (Å²) in [5.41, 5.74) is 3.08. The van der Waals surface area contributed by atoms with Crippen molar-refractivity contribution in [2.24, 2.45) is 0 Å². The SMILES string of the molecule is O=C(Nc1ccc(Cc2nc3cc(Cl)cc(Cl)c3o2)cc1)c1ccc(F)cc1. The molecule has 140 valence electrons. The van der Waals surface area contributed by atoms with Crippen molar-refractivity contribution in [3.05, 3.63) is 93.5 Å². The summed E-state index contributed by atoms with van der Waals surface area (Å²) in [6, 6.07) is 16.0. The van der Waals surface area contributed by atoms with Crippen molar-refractivity contribution in [3.63, 3.8) is 0 Å². The Kier molecular flexibility index (Phi) is 5.03. The van der Waals surface area contributed by atoms with Gasteiger partial charge in [-0.15, -0.1) is 0 Å². The lowest BCUT2D eigenvalue weighted by atomic mass is 10.1. The van der Waals surface area contributed by atoms with Gasteiger partial charge in [0.1, 0.15) is 11.3 Å². The van der Waals surface area contributed by atoms with Gasteiger partial charge in [-0.05, 0) is 54.1 Å². The third kappa shape index (κ3) is 4.01. The summed E-state index contributed by atoms with van der Waals surface area (Å²) >= 11 is 12.1. The molecule has 0 bridgehead atoms. The van der Waals surface area contributed by atoms with E-state index in [9.17, 15) is 9.18 Å². The molecule has 4 rings (SSSR count). The summed E-state index contributed by atoms with van der Waals surface area (Å²) in [5, 5.41) is 3.69. The van der Waals surface area contributed by atoms with Crippen molar-refractivity contribution in [2.75, 3.05) is 5.32 Å². The van der Waals surface area contributed by atoms with Crippen LogP contribution >= 0.6 is 23.2 Å². The van der Waals surface area contributed by atoms with Crippen LogP contribution in [0.15, 0.2) is 65.1 Å². The predicted octanol–water partition coefficient (Wildman–Crippen LogP) is 6.12. The number of oxazole rings is 1. The number of halogens is 3. The fourth-order valence-corrected chi connectivity index (χ4v) is 3.29. The number of carbonyl (C=O) groups excluding carboxylic acids is 1. The largest absolute Gasteiger partial charge is 0.439 e. The number of carbonyl (C=O) groups is 1. The molecule has 1 amide bonds. The maximum Gasteiger partial charge on any atom is 0.255 e. The van der Waals surface area contributed by atoms with E-state index in [4.69, 9.17) is 27.6 Å². The van der Waals surface area contributed by atoms with Gasteiger partial charge in [0.05, 0.1) is 5.02 Å². The molecule has 4 aromatic rings. The van der Waals surface area contributed by atoms with Crippen LogP contribution in [0.2, 0.25) is 10.0 Å². The highest BCUT2D eigenvalue weighted by Crippen LogP contribution is 2.29. The minimum absolute atomic E-state index is 0.307. The Morgan fingerprint density at radius 1 is 1.04 bits per heavy atom. The molecule has 0 unspecified atom stereocenters. The number of hydrogen-bond acceptors (Lipinski definition) is 3. The first-order chi connectivity index (χ1) is 13.5. The van der Waals surface area contributed by atoms with Crippen molar-refractivity contribution >= 4 is 45.9 Å². The smallest absolute Gasteiger partial charge is 0.255 e. The van der Waals surface area contributed by atoms with E-state index in [1.807, 2.05) is 12.1 Å². The normalized spacial score (nSPS) is 11.0. The Balaban J connectivity index is 1.47.